The van der Waals surface area contributed by atoms with Crippen LogP contribution in [0, 0.1) is 4.77 Å². The highest BCUT2D eigenvalue weighted by Crippen LogP contribution is 2.26. The number of halogens is 1. The Bertz CT molecular complexity index is 625. The molecule has 18 heavy (non-hydrogen) atoms. The fourth-order valence-corrected chi connectivity index (χ4v) is 3.26. The molecule has 2 aromatic rings. The molecular formula is C12H15BrN4S. The summed E-state index contributed by atoms with van der Waals surface area (Å²) < 4.78 is 3.94. The third kappa shape index (κ3) is 2.13. The standard InChI is InChI=1S/C12H15BrN4S/c1-16-4-2-9(3-5-16)17-11-10(15-12(17)18)6-8(13)7-14-11/h6-7,9H,2-5H2,1H3,(H,15,18). The normalized spacial score (nSPS) is 18.6. The molecule has 0 aromatic carbocycles. The van der Waals surface area contributed by atoms with E-state index in [1.807, 2.05) is 12.3 Å². The summed E-state index contributed by atoms with van der Waals surface area (Å²) in [6.07, 6.45) is 4.10. The van der Waals surface area contributed by atoms with Crippen LogP contribution in [0.25, 0.3) is 11.2 Å². The molecule has 3 rings (SSSR count). The first kappa shape index (κ1) is 12.3. The van der Waals surface area contributed by atoms with Gasteiger partial charge >= 0.3 is 0 Å². The second-order valence-corrected chi connectivity index (χ2v) is 6.16. The van der Waals surface area contributed by atoms with Gasteiger partial charge in [-0.3, -0.25) is 4.57 Å². The Kier molecular flexibility index (Phi) is 3.25. The van der Waals surface area contributed by atoms with Crippen molar-refractivity contribution < 1.29 is 0 Å². The molecule has 3 heterocycles. The van der Waals surface area contributed by atoms with Gasteiger partial charge in [0.1, 0.15) is 0 Å². The van der Waals surface area contributed by atoms with Gasteiger partial charge in [0.25, 0.3) is 0 Å². The first-order chi connectivity index (χ1) is 8.65. The Balaban J connectivity index is 2.06. The molecule has 1 saturated heterocycles. The van der Waals surface area contributed by atoms with Gasteiger partial charge in [-0.25, -0.2) is 4.98 Å². The molecule has 0 unspecified atom stereocenters. The van der Waals surface area contributed by atoms with E-state index in [0.29, 0.717) is 6.04 Å². The van der Waals surface area contributed by atoms with Crippen LogP contribution < -0.4 is 0 Å². The third-order valence-corrected chi connectivity index (χ3v) is 4.31. The van der Waals surface area contributed by atoms with Crippen molar-refractivity contribution >= 4 is 39.3 Å². The molecule has 1 aliphatic rings. The zero-order valence-corrected chi connectivity index (χ0v) is 12.6. The van der Waals surface area contributed by atoms with Crippen molar-refractivity contribution in [1.29, 1.82) is 0 Å². The number of aromatic amines is 1. The molecule has 2 aromatic heterocycles. The van der Waals surface area contributed by atoms with Crippen molar-refractivity contribution in [3.8, 4) is 0 Å². The first-order valence-corrected chi connectivity index (χ1v) is 7.29. The quantitative estimate of drug-likeness (QED) is 0.818. The highest BCUT2D eigenvalue weighted by atomic mass is 79.9. The lowest BCUT2D eigenvalue weighted by Crippen LogP contribution is -2.31. The number of aromatic nitrogens is 3. The lowest BCUT2D eigenvalue weighted by molar-refractivity contribution is 0.222. The topological polar surface area (TPSA) is 36.9 Å². The highest BCUT2D eigenvalue weighted by Gasteiger charge is 2.21. The molecule has 1 aliphatic heterocycles. The average molecular weight is 327 g/mol. The Hall–Kier alpha value is -0.720. The maximum atomic E-state index is 5.44. The summed E-state index contributed by atoms with van der Waals surface area (Å²) in [5.74, 6) is 0. The largest absolute Gasteiger partial charge is 0.329 e. The van der Waals surface area contributed by atoms with E-state index in [-0.39, 0.29) is 0 Å². The molecule has 6 heteroatoms. The second kappa shape index (κ2) is 4.75. The zero-order valence-electron chi connectivity index (χ0n) is 10.2. The summed E-state index contributed by atoms with van der Waals surface area (Å²) in [6, 6.07) is 2.50. The molecule has 0 radical (unpaired) electrons. The molecule has 0 saturated carbocycles. The van der Waals surface area contributed by atoms with E-state index in [4.69, 9.17) is 12.2 Å². The number of hydrogen-bond acceptors (Lipinski definition) is 3. The fraction of sp³-hybridized carbons (Fsp3) is 0.500. The van der Waals surface area contributed by atoms with Crippen LogP contribution >= 0.6 is 28.1 Å². The smallest absolute Gasteiger partial charge is 0.179 e. The molecule has 0 atom stereocenters. The van der Waals surface area contributed by atoms with Crippen molar-refractivity contribution in [3.05, 3.63) is 21.5 Å². The van der Waals surface area contributed by atoms with Crippen molar-refractivity contribution in [1.82, 2.24) is 19.4 Å². The van der Waals surface area contributed by atoms with Crippen LogP contribution in [0.4, 0.5) is 0 Å². The van der Waals surface area contributed by atoms with E-state index in [1.54, 1.807) is 0 Å². The monoisotopic (exact) mass is 326 g/mol. The number of imidazole rings is 1. The van der Waals surface area contributed by atoms with Crippen molar-refractivity contribution in [2.45, 2.75) is 18.9 Å². The van der Waals surface area contributed by atoms with Gasteiger partial charge < -0.3 is 9.88 Å². The molecule has 0 spiro atoms. The second-order valence-electron chi connectivity index (χ2n) is 4.86. The minimum atomic E-state index is 0.469. The summed E-state index contributed by atoms with van der Waals surface area (Å²) in [6.45, 7) is 2.24. The van der Waals surface area contributed by atoms with E-state index < -0.39 is 0 Å². The van der Waals surface area contributed by atoms with Gasteiger partial charge in [0.15, 0.2) is 10.4 Å². The Morgan fingerprint density at radius 2 is 2.17 bits per heavy atom. The fourth-order valence-electron chi connectivity index (χ4n) is 2.58. The molecule has 1 N–H and O–H groups in total. The maximum Gasteiger partial charge on any atom is 0.179 e. The molecule has 1 fully saturated rings. The Labute approximate surface area is 119 Å². The maximum absolute atomic E-state index is 5.44. The summed E-state index contributed by atoms with van der Waals surface area (Å²) in [5.41, 5.74) is 1.98. The molecule has 4 nitrogen and oxygen atoms in total. The predicted octanol–water partition coefficient (Wildman–Crippen LogP) is 3.12. The van der Waals surface area contributed by atoms with Crippen molar-refractivity contribution in [2.75, 3.05) is 20.1 Å². The van der Waals surface area contributed by atoms with Crippen LogP contribution in [0.15, 0.2) is 16.7 Å². The lowest BCUT2D eigenvalue weighted by atomic mass is 10.1. The number of nitrogens with zero attached hydrogens (tertiary/aromatic N) is 3. The number of pyridine rings is 1. The third-order valence-electron chi connectivity index (χ3n) is 3.58. The molecule has 0 bridgehead atoms. The number of nitrogens with one attached hydrogen (secondary N) is 1. The van der Waals surface area contributed by atoms with Crippen LogP contribution in [-0.2, 0) is 0 Å². The summed E-state index contributed by atoms with van der Waals surface area (Å²) in [5, 5.41) is 0. The van der Waals surface area contributed by atoms with Gasteiger partial charge in [0, 0.05) is 16.7 Å². The minimum Gasteiger partial charge on any atom is -0.329 e. The zero-order chi connectivity index (χ0) is 12.7. The van der Waals surface area contributed by atoms with Gasteiger partial charge in [0.2, 0.25) is 0 Å². The summed E-state index contributed by atoms with van der Waals surface area (Å²) >= 11 is 8.88. The van der Waals surface area contributed by atoms with E-state index in [9.17, 15) is 0 Å². The van der Waals surface area contributed by atoms with E-state index >= 15 is 0 Å². The Morgan fingerprint density at radius 1 is 1.44 bits per heavy atom. The SMILES string of the molecule is CN1CCC(n2c(=S)[nH]c3cc(Br)cnc32)CC1. The number of piperidine rings is 1. The number of fused-ring (bicyclic) bond motifs is 1. The molecule has 96 valence electrons. The first-order valence-electron chi connectivity index (χ1n) is 6.09. The van der Waals surface area contributed by atoms with E-state index in [2.05, 4.69) is 42.4 Å². The summed E-state index contributed by atoms with van der Waals surface area (Å²) in [7, 11) is 2.17. The van der Waals surface area contributed by atoms with Crippen molar-refractivity contribution in [2.24, 2.45) is 0 Å². The van der Waals surface area contributed by atoms with E-state index in [1.165, 1.54) is 0 Å². The van der Waals surface area contributed by atoms with E-state index in [0.717, 1.165) is 46.3 Å². The van der Waals surface area contributed by atoms with Gasteiger partial charge in [0.05, 0.1) is 5.52 Å². The number of H-pyrrole nitrogens is 1. The Morgan fingerprint density at radius 3 is 2.89 bits per heavy atom. The highest BCUT2D eigenvalue weighted by molar-refractivity contribution is 9.10. The molecule has 0 amide bonds. The predicted molar refractivity (Wildman–Crippen MR) is 78.4 cm³/mol. The van der Waals surface area contributed by atoms with Crippen molar-refractivity contribution in [3.63, 3.8) is 0 Å². The van der Waals surface area contributed by atoms with Crippen LogP contribution in [0.2, 0.25) is 0 Å². The van der Waals surface area contributed by atoms with Gasteiger partial charge in [-0.2, -0.15) is 0 Å². The van der Waals surface area contributed by atoms with Crippen LogP contribution in [0.5, 0.6) is 0 Å². The number of likely N-dealkylation sites (tertiary alicyclic amines) is 1. The molecular weight excluding hydrogens is 312 g/mol. The molecule has 0 aliphatic carbocycles. The van der Waals surface area contributed by atoms with Crippen LogP contribution in [0.1, 0.15) is 18.9 Å². The van der Waals surface area contributed by atoms with Crippen LogP contribution in [0.3, 0.4) is 0 Å². The summed E-state index contributed by atoms with van der Waals surface area (Å²) in [4.78, 5) is 10.1. The average Bonchev–Trinajstić information content (AvgIpc) is 2.65. The van der Waals surface area contributed by atoms with Gasteiger partial charge in [-0.1, -0.05) is 0 Å². The number of hydrogen-bond donors (Lipinski definition) is 1. The van der Waals surface area contributed by atoms with Crippen LogP contribution in [-0.4, -0.2) is 39.6 Å². The van der Waals surface area contributed by atoms with Gasteiger partial charge in [-0.05, 0) is 67.2 Å². The van der Waals surface area contributed by atoms with Gasteiger partial charge in [-0.15, -0.1) is 0 Å². The lowest BCUT2D eigenvalue weighted by Gasteiger charge is -2.29. The minimum absolute atomic E-state index is 0.469. The number of rotatable bonds is 1.